The number of ether oxygens (including phenoxy) is 1. The van der Waals surface area contributed by atoms with Gasteiger partial charge in [0, 0.05) is 12.7 Å². The van der Waals surface area contributed by atoms with E-state index in [0.29, 0.717) is 0 Å². The molecule has 21 heavy (non-hydrogen) atoms. The van der Waals surface area contributed by atoms with Crippen LogP contribution >= 0.6 is 0 Å². The fourth-order valence-electron chi connectivity index (χ4n) is 2.90. The second kappa shape index (κ2) is 4.86. The number of hydrogen-bond acceptors (Lipinski definition) is 3. The van der Waals surface area contributed by atoms with Crippen LogP contribution in [-0.4, -0.2) is 24.5 Å². The van der Waals surface area contributed by atoms with E-state index in [1.807, 2.05) is 52.8 Å². The molecule has 1 amide bonds. The predicted molar refractivity (Wildman–Crippen MR) is 82.4 cm³/mol. The highest BCUT2D eigenvalue weighted by atomic mass is 16.6. The molecule has 0 saturated carbocycles. The molecule has 0 radical (unpaired) electrons. The molecule has 0 aromatic heterocycles. The van der Waals surface area contributed by atoms with E-state index in [1.54, 1.807) is 11.9 Å². The smallest absolute Gasteiger partial charge is 0.310 e. The van der Waals surface area contributed by atoms with Crippen LogP contribution in [0.3, 0.4) is 0 Å². The van der Waals surface area contributed by atoms with Crippen molar-refractivity contribution in [2.45, 2.75) is 52.1 Å². The number of nitrogens with zero attached hydrogens (tertiary/aromatic N) is 1. The Labute approximate surface area is 126 Å². The molecule has 1 aliphatic rings. The third kappa shape index (κ3) is 2.80. The average Bonchev–Trinajstić information content (AvgIpc) is 2.49. The first kappa shape index (κ1) is 15.5. The number of benzene rings is 1. The molecule has 114 valence electrons. The summed E-state index contributed by atoms with van der Waals surface area (Å²) in [5.74, 6) is -0.220. The lowest BCUT2D eigenvalue weighted by Crippen LogP contribution is -2.33. The molecule has 0 saturated heterocycles. The van der Waals surface area contributed by atoms with Gasteiger partial charge in [-0.05, 0) is 51.8 Å². The standard InChI is InChI=1S/C17H23NO3/c1-16(2,3)21-13(19)10-11-8-7-9-12-14(11)17(4,5)15(20)18(12)6/h7-9H,10H2,1-6H3. The van der Waals surface area contributed by atoms with Gasteiger partial charge < -0.3 is 9.64 Å². The summed E-state index contributed by atoms with van der Waals surface area (Å²) in [7, 11) is 1.77. The maximum absolute atomic E-state index is 12.4. The van der Waals surface area contributed by atoms with Crippen molar-refractivity contribution in [2.75, 3.05) is 11.9 Å². The molecule has 1 aliphatic heterocycles. The fourth-order valence-corrected chi connectivity index (χ4v) is 2.90. The summed E-state index contributed by atoms with van der Waals surface area (Å²) in [6.45, 7) is 9.34. The van der Waals surface area contributed by atoms with Crippen molar-refractivity contribution < 1.29 is 14.3 Å². The van der Waals surface area contributed by atoms with E-state index in [4.69, 9.17) is 4.74 Å². The maximum Gasteiger partial charge on any atom is 0.310 e. The van der Waals surface area contributed by atoms with Crippen molar-refractivity contribution in [3.05, 3.63) is 29.3 Å². The van der Waals surface area contributed by atoms with Gasteiger partial charge in [0.05, 0.1) is 11.8 Å². The van der Waals surface area contributed by atoms with Gasteiger partial charge in [0.1, 0.15) is 5.60 Å². The Morgan fingerprint density at radius 2 is 1.90 bits per heavy atom. The summed E-state index contributed by atoms with van der Waals surface area (Å²) in [4.78, 5) is 26.1. The van der Waals surface area contributed by atoms with E-state index < -0.39 is 11.0 Å². The van der Waals surface area contributed by atoms with Crippen LogP contribution in [0.4, 0.5) is 5.69 Å². The molecule has 1 heterocycles. The van der Waals surface area contributed by atoms with Gasteiger partial charge in [-0.1, -0.05) is 12.1 Å². The molecule has 0 N–H and O–H groups in total. The molecule has 1 aromatic carbocycles. The zero-order valence-electron chi connectivity index (χ0n) is 13.6. The van der Waals surface area contributed by atoms with E-state index in [9.17, 15) is 9.59 Å². The minimum Gasteiger partial charge on any atom is -0.460 e. The molecule has 1 aromatic rings. The van der Waals surface area contributed by atoms with Gasteiger partial charge in [0.2, 0.25) is 5.91 Å². The highest BCUT2D eigenvalue weighted by Gasteiger charge is 2.43. The SMILES string of the molecule is CN1C(=O)C(C)(C)c2c(CC(=O)OC(C)(C)C)cccc21. The van der Waals surface area contributed by atoms with Gasteiger partial charge >= 0.3 is 5.97 Å². The predicted octanol–water partition coefficient (Wildman–Crippen LogP) is 2.82. The second-order valence-corrected chi connectivity index (χ2v) is 7.06. The lowest BCUT2D eigenvalue weighted by molar-refractivity contribution is -0.154. The summed E-state index contributed by atoms with van der Waals surface area (Å²) >= 11 is 0. The number of fused-ring (bicyclic) bond motifs is 1. The van der Waals surface area contributed by atoms with Crippen LogP contribution < -0.4 is 4.90 Å². The third-order valence-corrected chi connectivity index (χ3v) is 3.71. The number of esters is 1. The van der Waals surface area contributed by atoms with E-state index in [0.717, 1.165) is 16.8 Å². The number of rotatable bonds is 2. The Bertz CT molecular complexity index is 597. The summed E-state index contributed by atoms with van der Waals surface area (Å²) < 4.78 is 5.39. The first-order valence-electron chi connectivity index (χ1n) is 7.16. The van der Waals surface area contributed by atoms with Crippen molar-refractivity contribution in [3.8, 4) is 0 Å². The Morgan fingerprint density at radius 3 is 2.48 bits per heavy atom. The minimum absolute atomic E-state index is 0.0501. The fraction of sp³-hybridized carbons (Fsp3) is 0.529. The number of amides is 1. The molecule has 0 unspecified atom stereocenters. The monoisotopic (exact) mass is 289 g/mol. The van der Waals surface area contributed by atoms with Crippen molar-refractivity contribution in [1.82, 2.24) is 0 Å². The highest BCUT2D eigenvalue weighted by molar-refractivity contribution is 6.07. The largest absolute Gasteiger partial charge is 0.460 e. The number of likely N-dealkylation sites (N-methyl/N-ethyl adjacent to an activating group) is 1. The molecule has 4 nitrogen and oxygen atoms in total. The Morgan fingerprint density at radius 1 is 1.29 bits per heavy atom. The second-order valence-electron chi connectivity index (χ2n) is 7.06. The van der Waals surface area contributed by atoms with Crippen LogP contribution in [0.2, 0.25) is 0 Å². The van der Waals surface area contributed by atoms with E-state index in [2.05, 4.69) is 0 Å². The van der Waals surface area contributed by atoms with E-state index in [1.165, 1.54) is 0 Å². The Kier molecular flexibility index (Phi) is 3.60. The zero-order valence-corrected chi connectivity index (χ0v) is 13.6. The molecular formula is C17H23NO3. The minimum atomic E-state index is -0.608. The van der Waals surface area contributed by atoms with Crippen LogP contribution in [0.5, 0.6) is 0 Å². The summed E-state index contributed by atoms with van der Waals surface area (Å²) in [6, 6.07) is 5.70. The van der Waals surface area contributed by atoms with Gasteiger partial charge in [-0.15, -0.1) is 0 Å². The van der Waals surface area contributed by atoms with Crippen molar-refractivity contribution in [1.29, 1.82) is 0 Å². The molecule has 4 heteroatoms. The molecule has 0 atom stereocenters. The van der Waals surface area contributed by atoms with Gasteiger partial charge in [-0.2, -0.15) is 0 Å². The van der Waals surface area contributed by atoms with Crippen LogP contribution in [0.15, 0.2) is 18.2 Å². The lowest BCUT2D eigenvalue weighted by atomic mass is 9.82. The van der Waals surface area contributed by atoms with E-state index in [-0.39, 0.29) is 18.3 Å². The normalized spacial score (nSPS) is 16.9. The first-order chi connectivity index (χ1) is 9.54. The number of anilines is 1. The lowest BCUT2D eigenvalue weighted by Gasteiger charge is -2.22. The summed E-state index contributed by atoms with van der Waals surface area (Å²) in [5, 5.41) is 0. The molecule has 2 rings (SSSR count). The quantitative estimate of drug-likeness (QED) is 0.787. The molecular weight excluding hydrogens is 266 g/mol. The van der Waals surface area contributed by atoms with Gasteiger partial charge in [0.15, 0.2) is 0 Å². The average molecular weight is 289 g/mol. The first-order valence-corrected chi connectivity index (χ1v) is 7.16. The number of carbonyl (C=O) groups excluding carboxylic acids is 2. The third-order valence-electron chi connectivity index (χ3n) is 3.71. The van der Waals surface area contributed by atoms with Crippen molar-refractivity contribution in [2.24, 2.45) is 0 Å². The van der Waals surface area contributed by atoms with E-state index >= 15 is 0 Å². The van der Waals surface area contributed by atoms with Gasteiger partial charge in [-0.3, -0.25) is 9.59 Å². The Hall–Kier alpha value is -1.84. The van der Waals surface area contributed by atoms with Gasteiger partial charge in [0.25, 0.3) is 0 Å². The molecule has 0 bridgehead atoms. The maximum atomic E-state index is 12.4. The number of hydrogen-bond donors (Lipinski definition) is 0. The number of carbonyl (C=O) groups is 2. The zero-order chi connectivity index (χ0) is 16.0. The van der Waals surface area contributed by atoms with Crippen LogP contribution in [0, 0.1) is 0 Å². The van der Waals surface area contributed by atoms with Crippen LogP contribution in [0.25, 0.3) is 0 Å². The molecule has 0 aliphatic carbocycles. The summed E-state index contributed by atoms with van der Waals surface area (Å²) in [5.41, 5.74) is 1.57. The van der Waals surface area contributed by atoms with Gasteiger partial charge in [-0.25, -0.2) is 0 Å². The summed E-state index contributed by atoms with van der Waals surface area (Å²) in [6.07, 6.45) is 0.186. The van der Waals surface area contributed by atoms with Crippen LogP contribution in [-0.2, 0) is 26.2 Å². The van der Waals surface area contributed by atoms with Crippen molar-refractivity contribution >= 4 is 17.6 Å². The molecule has 0 fully saturated rings. The highest BCUT2D eigenvalue weighted by Crippen LogP contribution is 2.42. The topological polar surface area (TPSA) is 46.6 Å². The Balaban J connectivity index is 2.37. The molecule has 0 spiro atoms. The van der Waals surface area contributed by atoms with Crippen LogP contribution in [0.1, 0.15) is 45.7 Å². The van der Waals surface area contributed by atoms with Crippen molar-refractivity contribution in [3.63, 3.8) is 0 Å².